The monoisotopic (exact) mass is 438 g/mol. The van der Waals surface area contributed by atoms with E-state index in [4.69, 9.17) is 16.5 Å². The standard InChI is InChI=1S/C27H30N6/c28-16-7-17-30-19-31-26(29)22-14-12-21(13-15-22)25-18-24(20-8-3-1-4-9-20)32-27(33-25)23-10-5-2-6-11-23/h1-15,17-18,26-27,30-32H,16,19,28-29H2/b17-7-. The molecule has 0 saturated carbocycles. The Kier molecular flexibility index (Phi) is 7.66. The summed E-state index contributed by atoms with van der Waals surface area (Å²) in [5.74, 6) is 0. The number of rotatable bonds is 9. The van der Waals surface area contributed by atoms with Crippen molar-refractivity contribution in [1.82, 2.24) is 16.0 Å². The third kappa shape index (κ3) is 5.96. The van der Waals surface area contributed by atoms with Gasteiger partial charge in [0.05, 0.1) is 18.5 Å². The van der Waals surface area contributed by atoms with E-state index in [0.29, 0.717) is 13.2 Å². The number of hydrogen-bond acceptors (Lipinski definition) is 6. The van der Waals surface area contributed by atoms with Gasteiger partial charge in [-0.2, -0.15) is 0 Å². The van der Waals surface area contributed by atoms with E-state index >= 15 is 0 Å². The van der Waals surface area contributed by atoms with Crippen molar-refractivity contribution in [3.63, 3.8) is 0 Å². The average Bonchev–Trinajstić information content (AvgIpc) is 2.89. The summed E-state index contributed by atoms with van der Waals surface area (Å²) in [4.78, 5) is 5.01. The van der Waals surface area contributed by atoms with E-state index < -0.39 is 0 Å². The highest BCUT2D eigenvalue weighted by molar-refractivity contribution is 6.13. The van der Waals surface area contributed by atoms with Crippen LogP contribution >= 0.6 is 0 Å². The minimum absolute atomic E-state index is 0.155. The van der Waals surface area contributed by atoms with E-state index in [-0.39, 0.29) is 12.3 Å². The number of nitrogens with two attached hydrogens (primary N) is 2. The predicted molar refractivity (Wildman–Crippen MR) is 136 cm³/mol. The molecule has 0 fully saturated rings. The lowest BCUT2D eigenvalue weighted by Gasteiger charge is -2.25. The number of allylic oxidation sites excluding steroid dienone is 1. The van der Waals surface area contributed by atoms with Crippen molar-refractivity contribution >= 4 is 11.4 Å². The molecule has 0 amide bonds. The maximum Gasteiger partial charge on any atom is 0.145 e. The number of nitrogens with zero attached hydrogens (tertiary/aromatic N) is 1. The van der Waals surface area contributed by atoms with E-state index in [1.165, 1.54) is 0 Å². The zero-order valence-corrected chi connectivity index (χ0v) is 18.5. The normalized spacial score (nSPS) is 16.6. The zero-order chi connectivity index (χ0) is 22.9. The fourth-order valence-corrected chi connectivity index (χ4v) is 3.63. The zero-order valence-electron chi connectivity index (χ0n) is 18.5. The van der Waals surface area contributed by atoms with Crippen LogP contribution in [0, 0.1) is 0 Å². The Bertz CT molecular complexity index is 1100. The van der Waals surface area contributed by atoms with Crippen LogP contribution in [0.2, 0.25) is 0 Å². The molecule has 3 aromatic carbocycles. The Balaban J connectivity index is 1.55. The molecule has 2 unspecified atom stereocenters. The van der Waals surface area contributed by atoms with E-state index in [2.05, 4.69) is 58.4 Å². The topological polar surface area (TPSA) is 100 Å². The molecule has 1 heterocycles. The molecule has 0 aliphatic carbocycles. The van der Waals surface area contributed by atoms with Crippen LogP contribution in [-0.4, -0.2) is 18.9 Å². The molecule has 0 saturated heterocycles. The van der Waals surface area contributed by atoms with Gasteiger partial charge < -0.3 is 22.1 Å². The molecular formula is C27H30N6. The quantitative estimate of drug-likeness (QED) is 0.260. The maximum absolute atomic E-state index is 6.28. The molecule has 7 N–H and O–H groups in total. The van der Waals surface area contributed by atoms with Crippen molar-refractivity contribution in [2.75, 3.05) is 13.2 Å². The first-order valence-electron chi connectivity index (χ1n) is 11.1. The number of aliphatic imine (C=N–C) groups is 1. The highest BCUT2D eigenvalue weighted by atomic mass is 15.1. The van der Waals surface area contributed by atoms with Crippen molar-refractivity contribution in [2.24, 2.45) is 16.5 Å². The molecule has 2 atom stereocenters. The Hall–Kier alpha value is -3.71. The molecule has 33 heavy (non-hydrogen) atoms. The lowest BCUT2D eigenvalue weighted by Crippen LogP contribution is -2.34. The molecule has 0 aromatic heterocycles. The van der Waals surface area contributed by atoms with Gasteiger partial charge in [-0.25, -0.2) is 0 Å². The molecule has 0 spiro atoms. The highest BCUT2D eigenvalue weighted by Crippen LogP contribution is 2.26. The second-order valence-electron chi connectivity index (χ2n) is 7.72. The summed E-state index contributed by atoms with van der Waals surface area (Å²) in [6.07, 6.45) is 5.34. The first-order chi connectivity index (χ1) is 16.2. The molecule has 6 heteroatoms. The van der Waals surface area contributed by atoms with Crippen LogP contribution in [0.25, 0.3) is 5.70 Å². The van der Waals surface area contributed by atoms with Gasteiger partial charge in [0.25, 0.3) is 0 Å². The Morgan fingerprint density at radius 2 is 1.61 bits per heavy atom. The molecule has 0 bridgehead atoms. The summed E-state index contributed by atoms with van der Waals surface area (Å²) >= 11 is 0. The van der Waals surface area contributed by atoms with Crippen LogP contribution in [-0.2, 0) is 0 Å². The van der Waals surface area contributed by atoms with E-state index in [1.54, 1.807) is 0 Å². The van der Waals surface area contributed by atoms with Crippen LogP contribution in [0.4, 0.5) is 0 Å². The van der Waals surface area contributed by atoms with Crippen LogP contribution in [0.15, 0.2) is 108 Å². The van der Waals surface area contributed by atoms with Gasteiger partial charge in [0.15, 0.2) is 0 Å². The lowest BCUT2D eigenvalue weighted by molar-refractivity contribution is 0.535. The smallest absolute Gasteiger partial charge is 0.145 e. The largest absolute Gasteiger partial charge is 0.379 e. The van der Waals surface area contributed by atoms with Crippen LogP contribution < -0.4 is 27.4 Å². The molecule has 6 nitrogen and oxygen atoms in total. The van der Waals surface area contributed by atoms with Crippen molar-refractivity contribution in [2.45, 2.75) is 12.3 Å². The SMILES string of the molecule is NC/C=C\NCNC(N)c1ccc(C2=NC(c3ccccc3)NC(c3ccccc3)=C2)cc1. The number of benzene rings is 3. The van der Waals surface area contributed by atoms with Crippen LogP contribution in [0.5, 0.6) is 0 Å². The Labute approximate surface area is 195 Å². The third-order valence-corrected chi connectivity index (χ3v) is 5.40. The first-order valence-corrected chi connectivity index (χ1v) is 11.1. The maximum atomic E-state index is 6.28. The van der Waals surface area contributed by atoms with Crippen molar-refractivity contribution < 1.29 is 0 Å². The number of hydrogen-bond donors (Lipinski definition) is 5. The minimum Gasteiger partial charge on any atom is -0.379 e. The molecular weight excluding hydrogens is 408 g/mol. The van der Waals surface area contributed by atoms with Gasteiger partial charge in [0, 0.05) is 12.2 Å². The summed E-state index contributed by atoms with van der Waals surface area (Å²) in [5.41, 5.74) is 18.0. The van der Waals surface area contributed by atoms with Gasteiger partial charge in [-0.05, 0) is 34.5 Å². The Morgan fingerprint density at radius 3 is 2.30 bits per heavy atom. The van der Waals surface area contributed by atoms with Crippen molar-refractivity contribution in [3.05, 3.63) is 126 Å². The molecule has 0 radical (unpaired) electrons. The Morgan fingerprint density at radius 1 is 0.909 bits per heavy atom. The summed E-state index contributed by atoms with van der Waals surface area (Å²) < 4.78 is 0. The summed E-state index contributed by atoms with van der Waals surface area (Å²) in [6.45, 7) is 1.06. The summed E-state index contributed by atoms with van der Waals surface area (Å²) in [7, 11) is 0. The van der Waals surface area contributed by atoms with E-state index in [9.17, 15) is 0 Å². The fourth-order valence-electron chi connectivity index (χ4n) is 3.63. The highest BCUT2D eigenvalue weighted by Gasteiger charge is 2.19. The summed E-state index contributed by atoms with van der Waals surface area (Å²) in [5, 5.41) is 9.92. The number of nitrogens with one attached hydrogen (secondary N) is 3. The van der Waals surface area contributed by atoms with Gasteiger partial charge in [0.2, 0.25) is 0 Å². The van der Waals surface area contributed by atoms with Gasteiger partial charge in [-0.15, -0.1) is 0 Å². The van der Waals surface area contributed by atoms with Gasteiger partial charge in [-0.3, -0.25) is 10.3 Å². The van der Waals surface area contributed by atoms with Gasteiger partial charge in [0.1, 0.15) is 6.17 Å². The van der Waals surface area contributed by atoms with Crippen LogP contribution in [0.3, 0.4) is 0 Å². The first kappa shape index (κ1) is 22.5. The fraction of sp³-hybridized carbons (Fsp3) is 0.148. The van der Waals surface area contributed by atoms with Gasteiger partial charge >= 0.3 is 0 Å². The minimum atomic E-state index is -0.278. The summed E-state index contributed by atoms with van der Waals surface area (Å²) in [6, 6.07) is 28.8. The molecule has 1 aliphatic heterocycles. The average molecular weight is 439 g/mol. The molecule has 168 valence electrons. The molecule has 4 rings (SSSR count). The van der Waals surface area contributed by atoms with Gasteiger partial charge in [-0.1, -0.05) is 91.0 Å². The van der Waals surface area contributed by atoms with E-state index in [1.807, 2.05) is 60.8 Å². The predicted octanol–water partition coefficient (Wildman–Crippen LogP) is 3.39. The van der Waals surface area contributed by atoms with Crippen molar-refractivity contribution in [3.8, 4) is 0 Å². The molecule has 1 aliphatic rings. The van der Waals surface area contributed by atoms with Crippen LogP contribution in [0.1, 0.15) is 34.6 Å². The van der Waals surface area contributed by atoms with Crippen molar-refractivity contribution in [1.29, 1.82) is 0 Å². The second-order valence-corrected chi connectivity index (χ2v) is 7.72. The second kappa shape index (κ2) is 11.2. The molecule has 3 aromatic rings. The third-order valence-electron chi connectivity index (χ3n) is 5.40. The van der Waals surface area contributed by atoms with E-state index in [0.717, 1.165) is 33.7 Å². The lowest BCUT2D eigenvalue weighted by atomic mass is 10.0.